The molecule has 2 N–H and O–H groups in total. The predicted molar refractivity (Wildman–Crippen MR) is 112 cm³/mol. The molecule has 0 aliphatic carbocycles. The highest BCUT2D eigenvalue weighted by Gasteiger charge is 2.12. The molecule has 144 valence electrons. The fourth-order valence-electron chi connectivity index (χ4n) is 2.51. The molecule has 2 aromatic carbocycles. The number of halogens is 1. The first-order valence-corrected chi connectivity index (χ1v) is 9.24. The topological polar surface area (TPSA) is 76.1 Å². The van der Waals surface area contributed by atoms with Crippen LogP contribution in [0.25, 0.3) is 0 Å². The van der Waals surface area contributed by atoms with Crippen molar-refractivity contribution in [1.29, 1.82) is 0 Å². The fourth-order valence-corrected chi connectivity index (χ4v) is 2.69. The number of amides is 1. The van der Waals surface area contributed by atoms with Gasteiger partial charge in [-0.2, -0.15) is 0 Å². The van der Waals surface area contributed by atoms with Crippen molar-refractivity contribution in [3.63, 3.8) is 0 Å². The Bertz CT molecular complexity index is 974. The molecule has 1 amide bonds. The van der Waals surface area contributed by atoms with Gasteiger partial charge in [-0.25, -0.2) is 9.97 Å². The van der Waals surface area contributed by atoms with Crippen LogP contribution >= 0.6 is 11.6 Å². The van der Waals surface area contributed by atoms with E-state index in [2.05, 4.69) is 20.6 Å². The first kappa shape index (κ1) is 19.6. The monoisotopic (exact) mass is 396 g/mol. The Labute approximate surface area is 168 Å². The van der Waals surface area contributed by atoms with Gasteiger partial charge in [-0.05, 0) is 63.2 Å². The van der Waals surface area contributed by atoms with E-state index in [0.717, 1.165) is 5.75 Å². The van der Waals surface area contributed by atoms with Crippen LogP contribution < -0.4 is 15.4 Å². The van der Waals surface area contributed by atoms with Crippen LogP contribution in [0.1, 0.15) is 30.0 Å². The molecule has 0 atom stereocenters. The second-order valence-corrected chi connectivity index (χ2v) is 6.88. The lowest BCUT2D eigenvalue weighted by atomic mass is 10.2. The van der Waals surface area contributed by atoms with Gasteiger partial charge in [-0.1, -0.05) is 23.7 Å². The number of carbonyl (C=O) groups is 1. The minimum atomic E-state index is -0.328. The molecule has 28 heavy (non-hydrogen) atoms. The SMILES string of the molecule is Cc1cc(C(=O)Nc2ccc(OC(C)C)cc2)nc(Nc2ccccc2Cl)n1. The predicted octanol–water partition coefficient (Wildman–Crippen LogP) is 5.22. The normalized spacial score (nSPS) is 10.6. The summed E-state index contributed by atoms with van der Waals surface area (Å²) in [6.45, 7) is 5.72. The summed E-state index contributed by atoms with van der Waals surface area (Å²) in [5.41, 5.74) is 2.24. The molecule has 0 bridgehead atoms. The van der Waals surface area contributed by atoms with Crippen LogP contribution in [-0.4, -0.2) is 22.0 Å². The molecule has 6 nitrogen and oxygen atoms in total. The summed E-state index contributed by atoms with van der Waals surface area (Å²) in [7, 11) is 0. The molecule has 0 unspecified atom stereocenters. The number of hydrogen-bond acceptors (Lipinski definition) is 5. The standard InChI is InChI=1S/C21H21ClN4O2/c1-13(2)28-16-10-8-15(9-11-16)24-20(27)19-12-14(3)23-21(26-19)25-18-7-5-4-6-17(18)22/h4-13H,1-3H3,(H,24,27)(H,23,25,26). The zero-order chi connectivity index (χ0) is 20.1. The number of rotatable bonds is 6. The minimum Gasteiger partial charge on any atom is -0.491 e. The van der Waals surface area contributed by atoms with Gasteiger partial charge in [0.05, 0.1) is 16.8 Å². The Kier molecular flexibility index (Phi) is 6.11. The van der Waals surface area contributed by atoms with Crippen molar-refractivity contribution in [2.75, 3.05) is 10.6 Å². The third kappa shape index (κ3) is 5.20. The number of nitrogens with zero attached hydrogens (tertiary/aromatic N) is 2. The van der Waals surface area contributed by atoms with E-state index in [1.807, 2.05) is 44.2 Å². The maximum atomic E-state index is 12.6. The van der Waals surface area contributed by atoms with Crippen molar-refractivity contribution < 1.29 is 9.53 Å². The van der Waals surface area contributed by atoms with Crippen molar-refractivity contribution >= 4 is 34.8 Å². The molecule has 1 aromatic heterocycles. The molecule has 3 aromatic rings. The van der Waals surface area contributed by atoms with Gasteiger partial charge < -0.3 is 15.4 Å². The van der Waals surface area contributed by atoms with E-state index >= 15 is 0 Å². The Morgan fingerprint density at radius 2 is 1.79 bits per heavy atom. The Hall–Kier alpha value is -3.12. The molecule has 1 heterocycles. The molecular formula is C21H21ClN4O2. The number of benzene rings is 2. The summed E-state index contributed by atoms with van der Waals surface area (Å²) >= 11 is 6.16. The van der Waals surface area contributed by atoms with Crippen LogP contribution in [0.4, 0.5) is 17.3 Å². The number of ether oxygens (including phenoxy) is 1. The van der Waals surface area contributed by atoms with Crippen LogP contribution in [0, 0.1) is 6.92 Å². The molecule has 0 spiro atoms. The molecule has 3 rings (SSSR count). The highest BCUT2D eigenvalue weighted by Crippen LogP contribution is 2.23. The van der Waals surface area contributed by atoms with Gasteiger partial charge in [0.15, 0.2) is 0 Å². The van der Waals surface area contributed by atoms with Crippen LogP contribution in [0.2, 0.25) is 5.02 Å². The van der Waals surface area contributed by atoms with E-state index in [9.17, 15) is 4.79 Å². The van der Waals surface area contributed by atoms with Crippen molar-refractivity contribution in [1.82, 2.24) is 9.97 Å². The van der Waals surface area contributed by atoms with E-state index in [4.69, 9.17) is 16.3 Å². The maximum Gasteiger partial charge on any atom is 0.274 e. The lowest BCUT2D eigenvalue weighted by molar-refractivity contribution is 0.102. The van der Waals surface area contributed by atoms with Gasteiger partial charge in [0.1, 0.15) is 11.4 Å². The third-order valence-corrected chi connectivity index (χ3v) is 4.02. The number of aromatic nitrogens is 2. The molecule has 0 aliphatic heterocycles. The number of anilines is 3. The summed E-state index contributed by atoms with van der Waals surface area (Å²) in [5, 5.41) is 6.42. The molecule has 0 saturated heterocycles. The van der Waals surface area contributed by atoms with E-state index < -0.39 is 0 Å². The van der Waals surface area contributed by atoms with Crippen molar-refractivity contribution in [3.8, 4) is 5.75 Å². The number of hydrogen-bond donors (Lipinski definition) is 2. The van der Waals surface area contributed by atoms with Gasteiger partial charge in [0.25, 0.3) is 5.91 Å². The third-order valence-electron chi connectivity index (χ3n) is 3.69. The van der Waals surface area contributed by atoms with E-state index in [1.54, 1.807) is 31.2 Å². The zero-order valence-corrected chi connectivity index (χ0v) is 16.6. The Morgan fingerprint density at radius 1 is 1.07 bits per heavy atom. The van der Waals surface area contributed by atoms with Gasteiger partial charge in [-0.15, -0.1) is 0 Å². The second kappa shape index (κ2) is 8.71. The largest absolute Gasteiger partial charge is 0.491 e. The maximum absolute atomic E-state index is 12.6. The quantitative estimate of drug-likeness (QED) is 0.597. The highest BCUT2D eigenvalue weighted by atomic mass is 35.5. The number of carbonyl (C=O) groups excluding carboxylic acids is 1. The second-order valence-electron chi connectivity index (χ2n) is 6.47. The van der Waals surface area contributed by atoms with Gasteiger partial charge in [0, 0.05) is 11.4 Å². The van der Waals surface area contributed by atoms with Crippen molar-refractivity contribution in [2.24, 2.45) is 0 Å². The highest BCUT2D eigenvalue weighted by molar-refractivity contribution is 6.33. The van der Waals surface area contributed by atoms with Crippen LogP contribution in [0.15, 0.2) is 54.6 Å². The smallest absolute Gasteiger partial charge is 0.274 e. The number of nitrogens with one attached hydrogen (secondary N) is 2. The summed E-state index contributed by atoms with van der Waals surface area (Å²) in [4.78, 5) is 21.2. The van der Waals surface area contributed by atoms with Gasteiger partial charge in [-0.3, -0.25) is 4.79 Å². The van der Waals surface area contributed by atoms with E-state index in [0.29, 0.717) is 28.0 Å². The molecular weight excluding hydrogens is 376 g/mol. The Morgan fingerprint density at radius 3 is 2.46 bits per heavy atom. The fraction of sp³-hybridized carbons (Fsp3) is 0.190. The summed E-state index contributed by atoms with van der Waals surface area (Å²) in [6.07, 6.45) is 0.0912. The van der Waals surface area contributed by atoms with Crippen LogP contribution in [0.5, 0.6) is 5.75 Å². The summed E-state index contributed by atoms with van der Waals surface area (Å²) in [6, 6.07) is 16.1. The Balaban J connectivity index is 1.75. The number of aryl methyl sites for hydroxylation is 1. The first-order chi connectivity index (χ1) is 13.4. The van der Waals surface area contributed by atoms with Crippen LogP contribution in [-0.2, 0) is 0 Å². The average molecular weight is 397 g/mol. The lowest BCUT2D eigenvalue weighted by Gasteiger charge is -2.11. The van der Waals surface area contributed by atoms with E-state index in [1.165, 1.54) is 0 Å². The van der Waals surface area contributed by atoms with Crippen molar-refractivity contribution in [3.05, 3.63) is 71.0 Å². The molecule has 0 radical (unpaired) electrons. The van der Waals surface area contributed by atoms with E-state index in [-0.39, 0.29) is 17.7 Å². The molecule has 7 heteroatoms. The minimum absolute atomic E-state index is 0.0912. The van der Waals surface area contributed by atoms with Gasteiger partial charge in [0.2, 0.25) is 5.95 Å². The van der Waals surface area contributed by atoms with Crippen molar-refractivity contribution in [2.45, 2.75) is 26.9 Å². The lowest BCUT2D eigenvalue weighted by Crippen LogP contribution is -2.15. The van der Waals surface area contributed by atoms with Gasteiger partial charge >= 0.3 is 0 Å². The molecule has 0 saturated carbocycles. The summed E-state index contributed by atoms with van der Waals surface area (Å²) < 4.78 is 5.60. The van der Waals surface area contributed by atoms with Crippen LogP contribution in [0.3, 0.4) is 0 Å². The molecule has 0 aliphatic rings. The average Bonchev–Trinajstić information content (AvgIpc) is 2.64. The molecule has 0 fully saturated rings. The first-order valence-electron chi connectivity index (χ1n) is 8.86. The zero-order valence-electron chi connectivity index (χ0n) is 15.9. The number of para-hydroxylation sites is 1. The summed E-state index contributed by atoms with van der Waals surface area (Å²) in [5.74, 6) is 0.723.